The standard InChI is InChI=1S/C24H24F5N7O2/c1-12-30-16-5-4-14(8-17(16)35(12)10-19(26)27)20-15(25)9-36-21(20)22(38-3)32-23(33-36)31-18-6-7-34(13(2)37)11-24(18,28)29/h4-5,8-9,18-19H,6-7,10-11H2,1-3H3,(H,31,33)/t18-/m1/s1/i3D3. The Morgan fingerprint density at radius 3 is 2.82 bits per heavy atom. The zero-order chi connectivity index (χ0) is 29.9. The van der Waals surface area contributed by atoms with Gasteiger partial charge in [0, 0.05) is 13.5 Å². The Morgan fingerprint density at radius 1 is 1.34 bits per heavy atom. The lowest BCUT2D eigenvalue weighted by molar-refractivity contribution is -0.140. The van der Waals surface area contributed by atoms with Crippen LogP contribution in [0.25, 0.3) is 27.7 Å². The maximum absolute atomic E-state index is 15.4. The highest BCUT2D eigenvalue weighted by molar-refractivity contribution is 5.90. The van der Waals surface area contributed by atoms with Gasteiger partial charge in [0.1, 0.15) is 11.3 Å². The number of aryl methyl sites for hydroxylation is 1. The zero-order valence-electron chi connectivity index (χ0n) is 23.2. The largest absolute Gasteiger partial charge is 0.479 e. The number of amides is 1. The zero-order valence-corrected chi connectivity index (χ0v) is 20.2. The van der Waals surface area contributed by atoms with Gasteiger partial charge in [-0.1, -0.05) is 6.07 Å². The van der Waals surface area contributed by atoms with Gasteiger partial charge < -0.3 is 19.5 Å². The van der Waals surface area contributed by atoms with Crippen molar-refractivity contribution in [1.82, 2.24) is 29.0 Å². The lowest BCUT2D eigenvalue weighted by atomic mass is 10.0. The second-order valence-corrected chi connectivity index (χ2v) is 9.04. The number of fused-ring (bicyclic) bond motifs is 2. The van der Waals surface area contributed by atoms with Crippen molar-refractivity contribution < 1.29 is 35.6 Å². The van der Waals surface area contributed by atoms with Gasteiger partial charge in [0.05, 0.1) is 53.1 Å². The summed E-state index contributed by atoms with van der Waals surface area (Å²) >= 11 is 0. The second kappa shape index (κ2) is 9.40. The molecule has 0 unspecified atom stereocenters. The fourth-order valence-electron chi connectivity index (χ4n) is 4.74. The van der Waals surface area contributed by atoms with Crippen LogP contribution in [0.5, 0.6) is 5.88 Å². The minimum Gasteiger partial charge on any atom is -0.479 e. The van der Waals surface area contributed by atoms with Crippen LogP contribution in [-0.4, -0.2) is 73.5 Å². The second-order valence-electron chi connectivity index (χ2n) is 9.04. The van der Waals surface area contributed by atoms with E-state index in [4.69, 9.17) is 8.85 Å². The average molecular weight is 541 g/mol. The minimum absolute atomic E-state index is 0.0376. The van der Waals surface area contributed by atoms with Gasteiger partial charge in [0.2, 0.25) is 17.7 Å². The maximum atomic E-state index is 15.4. The molecule has 1 aliphatic rings. The van der Waals surface area contributed by atoms with Crippen molar-refractivity contribution >= 4 is 28.4 Å². The summed E-state index contributed by atoms with van der Waals surface area (Å²) in [7, 11) is -3.06. The first-order valence-electron chi connectivity index (χ1n) is 13.1. The van der Waals surface area contributed by atoms with E-state index in [1.165, 1.54) is 29.7 Å². The molecule has 1 N–H and O–H groups in total. The van der Waals surface area contributed by atoms with Crippen molar-refractivity contribution in [3.63, 3.8) is 0 Å². The lowest BCUT2D eigenvalue weighted by Crippen LogP contribution is -2.55. The van der Waals surface area contributed by atoms with Gasteiger partial charge in [0.15, 0.2) is 5.82 Å². The van der Waals surface area contributed by atoms with E-state index >= 15 is 4.39 Å². The molecular formula is C24H24F5N7O2. The number of alkyl halides is 4. The van der Waals surface area contributed by atoms with E-state index in [2.05, 4.69) is 20.4 Å². The number of rotatable bonds is 6. The van der Waals surface area contributed by atoms with Gasteiger partial charge in [-0.3, -0.25) is 4.79 Å². The molecule has 1 amide bonds. The van der Waals surface area contributed by atoms with Crippen molar-refractivity contribution in [3.8, 4) is 17.0 Å². The van der Waals surface area contributed by atoms with Crippen molar-refractivity contribution in [3.05, 3.63) is 36.0 Å². The number of imidazole rings is 1. The highest BCUT2D eigenvalue weighted by atomic mass is 19.3. The molecule has 4 heterocycles. The lowest BCUT2D eigenvalue weighted by Gasteiger charge is -2.38. The Hall–Kier alpha value is -3.97. The molecule has 1 atom stereocenters. The van der Waals surface area contributed by atoms with Crippen LogP contribution in [0.15, 0.2) is 24.4 Å². The molecule has 202 valence electrons. The van der Waals surface area contributed by atoms with Gasteiger partial charge >= 0.3 is 0 Å². The molecule has 14 heteroatoms. The molecule has 1 fully saturated rings. The van der Waals surface area contributed by atoms with Gasteiger partial charge in [-0.15, -0.1) is 5.10 Å². The fourth-order valence-corrected chi connectivity index (χ4v) is 4.74. The number of anilines is 1. The highest BCUT2D eigenvalue weighted by Crippen LogP contribution is 2.36. The molecule has 3 aromatic heterocycles. The normalized spacial score (nSPS) is 19.0. The first-order valence-corrected chi connectivity index (χ1v) is 11.6. The van der Waals surface area contributed by atoms with Gasteiger partial charge in [-0.05, 0) is 31.0 Å². The van der Waals surface area contributed by atoms with E-state index in [1.54, 1.807) is 6.92 Å². The number of halogens is 5. The van der Waals surface area contributed by atoms with Gasteiger partial charge in [-0.25, -0.2) is 31.5 Å². The van der Waals surface area contributed by atoms with Gasteiger partial charge in [0.25, 0.3) is 12.3 Å². The van der Waals surface area contributed by atoms with Gasteiger partial charge in [-0.2, -0.15) is 4.98 Å². The van der Waals surface area contributed by atoms with Crippen LogP contribution >= 0.6 is 0 Å². The molecule has 4 aromatic rings. The monoisotopic (exact) mass is 540 g/mol. The summed E-state index contributed by atoms with van der Waals surface area (Å²) < 4.78 is 101. The number of carbonyl (C=O) groups is 1. The Kier molecular flexibility index (Phi) is 5.46. The van der Waals surface area contributed by atoms with Crippen LogP contribution in [0.2, 0.25) is 0 Å². The Labute approximate surface area is 217 Å². The summed E-state index contributed by atoms with van der Waals surface area (Å²) in [4.78, 5) is 20.8. The smallest absolute Gasteiger partial charge is 0.285 e. The Morgan fingerprint density at radius 2 is 2.13 bits per heavy atom. The molecule has 1 aromatic carbocycles. The number of benzene rings is 1. The summed E-state index contributed by atoms with van der Waals surface area (Å²) in [5.74, 6) is -5.53. The summed E-state index contributed by atoms with van der Waals surface area (Å²) in [6.45, 7) is 1.28. The summed E-state index contributed by atoms with van der Waals surface area (Å²) in [6.07, 6.45) is -1.95. The van der Waals surface area contributed by atoms with Crippen molar-refractivity contribution in [1.29, 1.82) is 0 Å². The number of aromatic nitrogens is 5. The topological polar surface area (TPSA) is 89.6 Å². The first kappa shape index (κ1) is 22.1. The van der Waals surface area contributed by atoms with Crippen molar-refractivity contribution in [2.75, 3.05) is 25.4 Å². The fraction of sp³-hybridized carbons (Fsp3) is 0.417. The predicted octanol–water partition coefficient (Wildman–Crippen LogP) is 4.14. The van der Waals surface area contributed by atoms with E-state index in [0.29, 0.717) is 11.3 Å². The van der Waals surface area contributed by atoms with E-state index in [1.807, 2.05) is 0 Å². The van der Waals surface area contributed by atoms with Crippen LogP contribution in [0.3, 0.4) is 0 Å². The molecule has 0 radical (unpaired) electrons. The third-order valence-corrected chi connectivity index (χ3v) is 6.55. The van der Waals surface area contributed by atoms with E-state index in [0.717, 1.165) is 15.6 Å². The first-order chi connectivity index (χ1) is 19.1. The number of likely N-dealkylation sites (tertiary alicyclic amines) is 1. The quantitative estimate of drug-likeness (QED) is 0.370. The molecule has 0 saturated carbocycles. The van der Waals surface area contributed by atoms with Crippen LogP contribution in [0.4, 0.5) is 27.9 Å². The number of ether oxygens (including phenoxy) is 1. The van der Waals surface area contributed by atoms with Crippen LogP contribution in [0, 0.1) is 12.7 Å². The third-order valence-electron chi connectivity index (χ3n) is 6.55. The Balaban J connectivity index is 1.60. The summed E-state index contributed by atoms with van der Waals surface area (Å²) in [6, 6.07) is 2.87. The number of piperidine rings is 1. The third kappa shape index (κ3) is 4.47. The van der Waals surface area contributed by atoms with Crippen LogP contribution in [0.1, 0.15) is 23.3 Å². The minimum atomic E-state index is -3.38. The van der Waals surface area contributed by atoms with Crippen molar-refractivity contribution in [2.24, 2.45) is 0 Å². The maximum Gasteiger partial charge on any atom is 0.285 e. The highest BCUT2D eigenvalue weighted by Gasteiger charge is 2.46. The average Bonchev–Trinajstić information content (AvgIpc) is 3.34. The van der Waals surface area contributed by atoms with Crippen LogP contribution in [-0.2, 0) is 11.3 Å². The summed E-state index contributed by atoms with van der Waals surface area (Å²) in [5.41, 5.74) is 0.416. The van der Waals surface area contributed by atoms with E-state index < -0.39 is 62.1 Å². The Bertz CT molecular complexity index is 1640. The van der Waals surface area contributed by atoms with E-state index in [-0.39, 0.29) is 35.1 Å². The number of methoxy groups -OCH3 is 1. The predicted molar refractivity (Wildman–Crippen MR) is 128 cm³/mol. The molecule has 0 bridgehead atoms. The molecule has 38 heavy (non-hydrogen) atoms. The molecule has 0 aliphatic carbocycles. The molecule has 5 rings (SSSR count). The number of nitrogens with zero attached hydrogens (tertiary/aromatic N) is 6. The number of carbonyl (C=O) groups excluding carboxylic acids is 1. The van der Waals surface area contributed by atoms with Crippen molar-refractivity contribution in [2.45, 2.75) is 45.2 Å². The molecular weight excluding hydrogens is 513 g/mol. The number of hydrogen-bond acceptors (Lipinski definition) is 6. The molecule has 1 aliphatic heterocycles. The SMILES string of the molecule is [2H]C([2H])([2H])Oc1nc(N[C@@H]2CCN(C(C)=O)CC2(F)F)nn2cc(F)c(-c3ccc4nc(C)n(CC(F)F)c4c3)c12. The molecule has 0 spiro atoms. The number of hydrogen-bond donors (Lipinski definition) is 1. The number of nitrogens with one attached hydrogen (secondary N) is 1. The molecule has 9 nitrogen and oxygen atoms in total. The molecule has 1 saturated heterocycles. The van der Waals surface area contributed by atoms with Crippen LogP contribution < -0.4 is 10.1 Å². The van der Waals surface area contributed by atoms with E-state index in [9.17, 15) is 22.4 Å². The summed E-state index contributed by atoms with van der Waals surface area (Å²) in [5, 5.41) is 6.54.